The molecule has 0 spiro atoms. The normalized spacial score (nSPS) is 19.1. The number of nitrogens with zero attached hydrogens (tertiary/aromatic N) is 2. The molecular weight excluding hydrogens is 455 g/mol. The first-order valence-corrected chi connectivity index (χ1v) is 10.3. The highest BCUT2D eigenvalue weighted by molar-refractivity contribution is 9.11. The molecule has 0 unspecified atom stereocenters. The van der Waals surface area contributed by atoms with E-state index >= 15 is 0 Å². The van der Waals surface area contributed by atoms with Crippen molar-refractivity contribution in [1.29, 1.82) is 0 Å². The van der Waals surface area contributed by atoms with Crippen LogP contribution in [0.5, 0.6) is 0 Å². The van der Waals surface area contributed by atoms with Gasteiger partial charge in [-0.3, -0.25) is 9.59 Å². The summed E-state index contributed by atoms with van der Waals surface area (Å²) in [5.74, 6) is -1.05. The van der Waals surface area contributed by atoms with Crippen LogP contribution >= 0.6 is 39.0 Å². The Kier molecular flexibility index (Phi) is 6.40. The highest BCUT2D eigenvalue weighted by Crippen LogP contribution is 2.24. The number of anilines is 1. The lowest BCUT2D eigenvalue weighted by Crippen LogP contribution is -2.41. The topological polar surface area (TPSA) is 82.9 Å². The molecule has 3 rings (SSSR count). The first kappa shape index (κ1) is 19.7. The summed E-state index contributed by atoms with van der Waals surface area (Å²) in [7, 11) is 0. The first-order chi connectivity index (χ1) is 12.9. The lowest BCUT2D eigenvalue weighted by atomic mass is 10.2. The van der Waals surface area contributed by atoms with Gasteiger partial charge in [0.05, 0.1) is 14.4 Å². The number of nitrogens with one attached hydrogen (secondary N) is 2. The van der Waals surface area contributed by atoms with Gasteiger partial charge in [0.1, 0.15) is 11.1 Å². The highest BCUT2D eigenvalue weighted by Gasteiger charge is 2.30. The second kappa shape index (κ2) is 8.77. The Morgan fingerprint density at radius 1 is 1.30 bits per heavy atom. The number of hydrogen-bond acceptors (Lipinski definition) is 6. The van der Waals surface area contributed by atoms with Crippen LogP contribution in [0.4, 0.5) is 10.1 Å². The van der Waals surface area contributed by atoms with E-state index in [4.69, 9.17) is 0 Å². The largest absolute Gasteiger partial charge is 0.325 e. The van der Waals surface area contributed by atoms with Crippen molar-refractivity contribution < 1.29 is 14.0 Å². The zero-order valence-corrected chi connectivity index (χ0v) is 17.3. The van der Waals surface area contributed by atoms with Crippen LogP contribution in [0.3, 0.4) is 0 Å². The molecule has 27 heavy (non-hydrogen) atoms. The molecule has 140 valence electrons. The van der Waals surface area contributed by atoms with Crippen molar-refractivity contribution in [2.24, 2.45) is 10.2 Å². The fourth-order valence-electron chi connectivity index (χ4n) is 2.17. The van der Waals surface area contributed by atoms with Crippen LogP contribution in [-0.2, 0) is 9.59 Å². The van der Waals surface area contributed by atoms with Crippen molar-refractivity contribution >= 4 is 67.4 Å². The molecule has 1 atom stereocenters. The van der Waals surface area contributed by atoms with E-state index in [1.807, 2.05) is 19.1 Å². The minimum Gasteiger partial charge on any atom is -0.325 e. The van der Waals surface area contributed by atoms with Gasteiger partial charge in [0, 0.05) is 12.1 Å². The summed E-state index contributed by atoms with van der Waals surface area (Å²) in [6.45, 7) is 1.82. The van der Waals surface area contributed by atoms with Crippen LogP contribution in [0.15, 0.2) is 50.4 Å². The van der Waals surface area contributed by atoms with Gasteiger partial charge in [0.2, 0.25) is 11.8 Å². The number of carbonyl (C=O) groups is 2. The maximum atomic E-state index is 13.0. The maximum Gasteiger partial charge on any atom is 0.238 e. The Bertz CT molecular complexity index is 927. The van der Waals surface area contributed by atoms with Crippen molar-refractivity contribution in [3.05, 3.63) is 50.9 Å². The van der Waals surface area contributed by atoms with Crippen molar-refractivity contribution in [2.45, 2.75) is 18.6 Å². The van der Waals surface area contributed by atoms with Crippen molar-refractivity contribution in [2.75, 3.05) is 5.32 Å². The number of carbonyl (C=O) groups excluding carboxylic acids is 2. The number of hydrogen-bond donors (Lipinski definition) is 2. The molecule has 10 heteroatoms. The number of amides is 2. The van der Waals surface area contributed by atoms with Gasteiger partial charge in [0.15, 0.2) is 5.17 Å². The van der Waals surface area contributed by atoms with Gasteiger partial charge in [-0.2, -0.15) is 5.10 Å². The monoisotopic (exact) mass is 468 g/mol. The summed E-state index contributed by atoms with van der Waals surface area (Å²) in [5.41, 5.74) is 1.16. The van der Waals surface area contributed by atoms with E-state index in [9.17, 15) is 14.0 Å². The number of halogens is 2. The van der Waals surface area contributed by atoms with Gasteiger partial charge in [-0.05, 0) is 59.3 Å². The van der Waals surface area contributed by atoms with Gasteiger partial charge in [-0.15, -0.1) is 16.4 Å². The third kappa shape index (κ3) is 5.47. The van der Waals surface area contributed by atoms with Crippen molar-refractivity contribution in [3.63, 3.8) is 0 Å². The fourth-order valence-corrected chi connectivity index (χ4v) is 4.43. The molecule has 1 saturated heterocycles. The summed E-state index contributed by atoms with van der Waals surface area (Å²) in [5, 5.41) is 13.1. The Labute approximate surface area is 171 Å². The lowest BCUT2D eigenvalue weighted by Gasteiger charge is -2.21. The number of thioether (sulfide) groups is 1. The fraction of sp³-hybridized carbons (Fsp3) is 0.176. The minimum absolute atomic E-state index is 0.0251. The zero-order valence-electron chi connectivity index (χ0n) is 14.0. The molecular formula is C17H14BrFN4O2S2. The molecule has 1 aromatic carbocycles. The van der Waals surface area contributed by atoms with E-state index in [1.54, 1.807) is 0 Å². The second-order valence-corrected chi connectivity index (χ2v) is 9.20. The summed E-state index contributed by atoms with van der Waals surface area (Å²) >= 11 is 6.04. The maximum absolute atomic E-state index is 13.0. The lowest BCUT2D eigenvalue weighted by molar-refractivity contribution is -0.123. The number of amidine groups is 1. The summed E-state index contributed by atoms with van der Waals surface area (Å²) in [6, 6.07) is 9.26. The van der Waals surface area contributed by atoms with Crippen LogP contribution in [0.2, 0.25) is 0 Å². The average molecular weight is 469 g/mol. The van der Waals surface area contributed by atoms with E-state index in [1.165, 1.54) is 35.6 Å². The van der Waals surface area contributed by atoms with Crippen molar-refractivity contribution in [3.8, 4) is 0 Å². The molecule has 1 aliphatic rings. The Balaban J connectivity index is 1.68. The van der Waals surface area contributed by atoms with Crippen LogP contribution in [-0.4, -0.2) is 27.9 Å². The van der Waals surface area contributed by atoms with E-state index in [0.29, 0.717) is 11.4 Å². The smallest absolute Gasteiger partial charge is 0.238 e. The molecule has 6 nitrogen and oxygen atoms in total. The predicted octanol–water partition coefficient (Wildman–Crippen LogP) is 3.99. The van der Waals surface area contributed by atoms with E-state index in [2.05, 4.69) is 36.8 Å². The molecule has 2 amide bonds. The van der Waals surface area contributed by atoms with Crippen LogP contribution in [0, 0.1) is 5.82 Å². The van der Waals surface area contributed by atoms with Crippen LogP contribution in [0.1, 0.15) is 18.2 Å². The van der Waals surface area contributed by atoms with Crippen LogP contribution < -0.4 is 10.6 Å². The van der Waals surface area contributed by atoms with Gasteiger partial charge < -0.3 is 10.6 Å². The SMILES string of the molecule is C/C(=N/N=C1/NC(=O)C[C@H](C(=O)Nc2ccc(F)cc2)S1)c1ccc(Br)s1. The number of benzene rings is 1. The molecule has 1 fully saturated rings. The van der Waals surface area contributed by atoms with E-state index in [-0.39, 0.29) is 29.2 Å². The predicted molar refractivity (Wildman–Crippen MR) is 111 cm³/mol. The van der Waals surface area contributed by atoms with Gasteiger partial charge in [-0.25, -0.2) is 4.39 Å². The van der Waals surface area contributed by atoms with Gasteiger partial charge >= 0.3 is 0 Å². The molecule has 1 aromatic heterocycles. The summed E-state index contributed by atoms with van der Waals surface area (Å²) in [6.07, 6.45) is 0.0251. The molecule has 2 N–H and O–H groups in total. The zero-order chi connectivity index (χ0) is 19.4. The van der Waals surface area contributed by atoms with E-state index < -0.39 is 5.25 Å². The third-order valence-electron chi connectivity index (χ3n) is 3.50. The minimum atomic E-state index is -0.644. The third-order valence-corrected chi connectivity index (χ3v) is 6.30. The quantitative estimate of drug-likeness (QED) is 0.525. The van der Waals surface area contributed by atoms with Crippen molar-refractivity contribution in [1.82, 2.24) is 5.32 Å². The Morgan fingerprint density at radius 2 is 2.04 bits per heavy atom. The second-order valence-electron chi connectivity index (χ2n) is 5.55. The molecule has 0 saturated carbocycles. The average Bonchev–Trinajstić information content (AvgIpc) is 3.07. The standard InChI is InChI=1S/C17H14BrFN4O2S2/c1-9(12-6-7-14(18)26-12)22-23-17-21-15(24)8-13(27-17)16(25)20-11-4-2-10(19)3-5-11/h2-7,13H,8H2,1H3,(H,20,25)(H,21,23,24)/b22-9-/t13-/m1/s1. The number of thiophene rings is 1. The Hall–Kier alpha value is -2.04. The molecule has 2 heterocycles. The van der Waals surface area contributed by atoms with Crippen LogP contribution in [0.25, 0.3) is 0 Å². The highest BCUT2D eigenvalue weighted by atomic mass is 79.9. The van der Waals surface area contributed by atoms with Gasteiger partial charge in [-0.1, -0.05) is 11.8 Å². The molecule has 0 bridgehead atoms. The molecule has 0 aliphatic carbocycles. The van der Waals surface area contributed by atoms with E-state index in [0.717, 1.165) is 20.4 Å². The summed E-state index contributed by atoms with van der Waals surface area (Å²) in [4.78, 5) is 25.3. The number of rotatable bonds is 4. The summed E-state index contributed by atoms with van der Waals surface area (Å²) < 4.78 is 13.9. The van der Waals surface area contributed by atoms with Gasteiger partial charge in [0.25, 0.3) is 0 Å². The molecule has 1 aliphatic heterocycles. The first-order valence-electron chi connectivity index (χ1n) is 7.81. The Morgan fingerprint density at radius 3 is 2.70 bits per heavy atom. The molecule has 2 aromatic rings. The molecule has 0 radical (unpaired) electrons.